The molecule has 0 saturated heterocycles. The molecule has 0 atom stereocenters. The van der Waals surface area contributed by atoms with Gasteiger partial charge in [-0.25, -0.2) is 4.98 Å². The molecule has 0 aromatic carbocycles. The predicted octanol–water partition coefficient (Wildman–Crippen LogP) is 2.34. The van der Waals surface area contributed by atoms with E-state index in [2.05, 4.69) is 36.4 Å². The summed E-state index contributed by atoms with van der Waals surface area (Å²) in [4.78, 5) is 16.6. The van der Waals surface area contributed by atoms with Crippen molar-refractivity contribution in [3.05, 3.63) is 4.88 Å². The quantitative estimate of drug-likeness (QED) is 0.577. The van der Waals surface area contributed by atoms with Crippen LogP contribution in [0.4, 0.5) is 10.9 Å². The number of hydrogen-bond donors (Lipinski definition) is 3. The molecule has 0 aliphatic carbocycles. The molecule has 4 N–H and O–H groups in total. The minimum absolute atomic E-state index is 0.168. The molecular formula is C14H26N4O2S. The first-order chi connectivity index (χ1) is 10.0. The zero-order valence-electron chi connectivity index (χ0n) is 13.1. The number of nitrogen functional groups attached to an aromatic ring is 1. The number of amides is 1. The minimum atomic E-state index is -0.168. The number of nitrogens with two attached hydrogens (primary N) is 1. The third-order valence-corrected chi connectivity index (χ3v) is 3.62. The van der Waals surface area contributed by atoms with Crippen molar-refractivity contribution in [2.75, 3.05) is 37.4 Å². The highest BCUT2D eigenvalue weighted by atomic mass is 32.1. The van der Waals surface area contributed by atoms with E-state index in [1.807, 2.05) is 0 Å². The molecule has 21 heavy (non-hydrogen) atoms. The van der Waals surface area contributed by atoms with Crippen molar-refractivity contribution in [1.29, 1.82) is 0 Å². The Kier molecular flexibility index (Phi) is 8.07. The van der Waals surface area contributed by atoms with Crippen molar-refractivity contribution in [3.63, 3.8) is 0 Å². The van der Waals surface area contributed by atoms with Crippen molar-refractivity contribution in [2.24, 2.45) is 5.92 Å². The normalized spacial score (nSPS) is 10.9. The van der Waals surface area contributed by atoms with E-state index in [1.54, 1.807) is 0 Å². The van der Waals surface area contributed by atoms with Gasteiger partial charge in [-0.1, -0.05) is 32.1 Å². The predicted molar refractivity (Wildman–Crippen MR) is 87.9 cm³/mol. The monoisotopic (exact) mass is 314 g/mol. The van der Waals surface area contributed by atoms with Gasteiger partial charge in [0.25, 0.3) is 5.91 Å². The molecule has 0 fully saturated rings. The van der Waals surface area contributed by atoms with Crippen molar-refractivity contribution < 1.29 is 9.53 Å². The van der Waals surface area contributed by atoms with Crippen LogP contribution in [0, 0.1) is 5.92 Å². The molecular weight excluding hydrogens is 288 g/mol. The lowest BCUT2D eigenvalue weighted by atomic mass is 10.2. The summed E-state index contributed by atoms with van der Waals surface area (Å²) in [6, 6.07) is 0. The summed E-state index contributed by atoms with van der Waals surface area (Å²) >= 11 is 1.29. The number of rotatable bonds is 10. The molecule has 120 valence electrons. The highest BCUT2D eigenvalue weighted by molar-refractivity contribution is 7.18. The van der Waals surface area contributed by atoms with Gasteiger partial charge in [-0.15, -0.1) is 0 Å². The van der Waals surface area contributed by atoms with E-state index < -0.39 is 0 Å². The van der Waals surface area contributed by atoms with E-state index >= 15 is 0 Å². The number of aromatic nitrogens is 1. The van der Waals surface area contributed by atoms with Crippen LogP contribution in [0.1, 0.15) is 43.3 Å². The van der Waals surface area contributed by atoms with Gasteiger partial charge in [0.15, 0.2) is 5.13 Å². The summed E-state index contributed by atoms with van der Waals surface area (Å²) in [6.07, 6.45) is 1.79. The molecule has 0 aliphatic rings. The van der Waals surface area contributed by atoms with E-state index in [4.69, 9.17) is 10.5 Å². The number of nitrogens with zero attached hydrogens (tertiary/aromatic N) is 1. The number of ether oxygens (including phenoxy) is 1. The van der Waals surface area contributed by atoms with Gasteiger partial charge >= 0.3 is 0 Å². The standard InChI is InChI=1S/C14H26N4O2S/c1-4-6-17-14-18-12(15)11(21-14)13(19)16-7-5-8-20-9-10(2)3/h10H,4-9,15H2,1-3H3,(H,16,19)(H,17,18). The molecule has 1 amide bonds. The van der Waals surface area contributed by atoms with E-state index in [0.717, 1.165) is 26.0 Å². The Morgan fingerprint density at radius 3 is 2.86 bits per heavy atom. The van der Waals surface area contributed by atoms with Crippen LogP contribution in [0.2, 0.25) is 0 Å². The van der Waals surface area contributed by atoms with Crippen molar-refractivity contribution >= 4 is 28.2 Å². The Labute approximate surface area is 130 Å². The molecule has 0 unspecified atom stereocenters. The Balaban J connectivity index is 2.30. The zero-order valence-corrected chi connectivity index (χ0v) is 13.9. The van der Waals surface area contributed by atoms with Gasteiger partial charge in [0.1, 0.15) is 10.7 Å². The molecule has 1 aromatic heterocycles. The van der Waals surface area contributed by atoms with Crippen molar-refractivity contribution in [2.45, 2.75) is 33.6 Å². The van der Waals surface area contributed by atoms with Gasteiger partial charge in [0.2, 0.25) is 0 Å². The lowest BCUT2D eigenvalue weighted by Crippen LogP contribution is -2.25. The maximum atomic E-state index is 12.0. The second-order valence-electron chi connectivity index (χ2n) is 5.24. The van der Waals surface area contributed by atoms with Crippen LogP contribution in [0.5, 0.6) is 0 Å². The van der Waals surface area contributed by atoms with E-state index in [9.17, 15) is 4.79 Å². The van der Waals surface area contributed by atoms with E-state index in [1.165, 1.54) is 11.3 Å². The number of carbonyl (C=O) groups excluding carboxylic acids is 1. The number of hydrogen-bond acceptors (Lipinski definition) is 6. The van der Waals surface area contributed by atoms with Crippen molar-refractivity contribution in [3.8, 4) is 0 Å². The Bertz CT molecular complexity index is 435. The lowest BCUT2D eigenvalue weighted by Gasteiger charge is -2.07. The fourth-order valence-corrected chi connectivity index (χ4v) is 2.40. The maximum absolute atomic E-state index is 12.0. The van der Waals surface area contributed by atoms with Gasteiger partial charge in [0.05, 0.1) is 0 Å². The number of anilines is 2. The van der Waals surface area contributed by atoms with Crippen LogP contribution >= 0.6 is 11.3 Å². The zero-order chi connectivity index (χ0) is 15.7. The van der Waals surface area contributed by atoms with Crippen LogP contribution in [0.15, 0.2) is 0 Å². The summed E-state index contributed by atoms with van der Waals surface area (Å²) in [6.45, 7) is 9.09. The molecule has 1 aromatic rings. The SMILES string of the molecule is CCCNc1nc(N)c(C(=O)NCCCOCC(C)C)s1. The average Bonchev–Trinajstić information content (AvgIpc) is 2.81. The van der Waals surface area contributed by atoms with Crippen LogP contribution < -0.4 is 16.4 Å². The number of nitrogens with one attached hydrogen (secondary N) is 2. The maximum Gasteiger partial charge on any atom is 0.265 e. The second kappa shape index (κ2) is 9.57. The smallest absolute Gasteiger partial charge is 0.265 e. The molecule has 0 radical (unpaired) electrons. The van der Waals surface area contributed by atoms with E-state index in [-0.39, 0.29) is 11.7 Å². The van der Waals surface area contributed by atoms with Crippen molar-refractivity contribution in [1.82, 2.24) is 10.3 Å². The third kappa shape index (κ3) is 6.77. The summed E-state index contributed by atoms with van der Waals surface area (Å²) in [5, 5.41) is 6.67. The molecule has 0 saturated carbocycles. The highest BCUT2D eigenvalue weighted by Crippen LogP contribution is 2.24. The molecule has 0 aliphatic heterocycles. The lowest BCUT2D eigenvalue weighted by molar-refractivity contribution is 0.0929. The largest absolute Gasteiger partial charge is 0.382 e. The summed E-state index contributed by atoms with van der Waals surface area (Å²) in [7, 11) is 0. The highest BCUT2D eigenvalue weighted by Gasteiger charge is 2.15. The Morgan fingerprint density at radius 2 is 2.19 bits per heavy atom. The second-order valence-corrected chi connectivity index (χ2v) is 6.24. The molecule has 6 nitrogen and oxygen atoms in total. The Hall–Kier alpha value is -1.34. The van der Waals surface area contributed by atoms with Gasteiger partial charge in [0, 0.05) is 26.3 Å². The fourth-order valence-electron chi connectivity index (χ4n) is 1.58. The first-order valence-corrected chi connectivity index (χ1v) is 8.22. The number of thiazole rings is 1. The molecule has 1 rings (SSSR count). The summed E-state index contributed by atoms with van der Waals surface area (Å²) < 4.78 is 5.46. The van der Waals surface area contributed by atoms with Gasteiger partial charge in [-0.2, -0.15) is 0 Å². The molecule has 7 heteroatoms. The summed E-state index contributed by atoms with van der Waals surface area (Å²) in [5.41, 5.74) is 5.77. The average molecular weight is 314 g/mol. The Morgan fingerprint density at radius 1 is 1.43 bits per heavy atom. The van der Waals surface area contributed by atoms with Gasteiger partial charge < -0.3 is 21.1 Å². The van der Waals surface area contributed by atoms with Gasteiger partial charge in [-0.3, -0.25) is 4.79 Å². The van der Waals surface area contributed by atoms with Crippen LogP contribution in [-0.2, 0) is 4.74 Å². The van der Waals surface area contributed by atoms with Crippen LogP contribution in [0.3, 0.4) is 0 Å². The fraction of sp³-hybridized carbons (Fsp3) is 0.714. The van der Waals surface area contributed by atoms with Gasteiger partial charge in [-0.05, 0) is 18.8 Å². The first kappa shape index (κ1) is 17.7. The number of carbonyl (C=O) groups is 1. The van der Waals surface area contributed by atoms with E-state index in [0.29, 0.717) is 29.1 Å². The third-order valence-electron chi connectivity index (χ3n) is 2.59. The topological polar surface area (TPSA) is 89.3 Å². The molecule has 1 heterocycles. The van der Waals surface area contributed by atoms with Crippen LogP contribution in [-0.4, -0.2) is 37.2 Å². The van der Waals surface area contributed by atoms with Crippen LogP contribution in [0.25, 0.3) is 0 Å². The summed E-state index contributed by atoms with van der Waals surface area (Å²) in [5.74, 6) is 0.649. The minimum Gasteiger partial charge on any atom is -0.382 e. The first-order valence-electron chi connectivity index (χ1n) is 7.40. The molecule has 0 bridgehead atoms. The molecule has 0 spiro atoms.